The number of aliphatic carboxylic acids is 1. The second-order valence-corrected chi connectivity index (χ2v) is 16.2. The van der Waals surface area contributed by atoms with Crippen LogP contribution in [0.5, 0.6) is 11.5 Å². The van der Waals surface area contributed by atoms with E-state index in [4.69, 9.17) is 26.7 Å². The molecule has 1 aliphatic heterocycles. The van der Waals surface area contributed by atoms with Gasteiger partial charge in [-0.25, -0.2) is 0 Å². The Kier molecular flexibility index (Phi) is 18.8. The Bertz CT molecular complexity index is 2240. The van der Waals surface area contributed by atoms with Gasteiger partial charge in [-0.2, -0.15) is 0 Å². The predicted octanol–water partition coefficient (Wildman–Crippen LogP) is 3.30. The van der Waals surface area contributed by atoms with Crippen molar-refractivity contribution in [1.29, 1.82) is 0 Å². The molecule has 0 radical (unpaired) electrons. The molecular formula is C49H64N8O8. The molecule has 4 amide bonds. The largest absolute Gasteiger partial charge is 0.492 e. The number of carbonyl (C=O) groups is 5. The van der Waals surface area contributed by atoms with E-state index >= 15 is 0 Å². The summed E-state index contributed by atoms with van der Waals surface area (Å²) in [4.78, 5) is 68.6. The number of nitrogens with one attached hydrogen (secondary N) is 4. The average Bonchev–Trinajstić information content (AvgIpc) is 3.32. The first kappa shape index (κ1) is 49.7. The standard InChI is InChI=1S/C49H64N8O8/c1-4-5-7-32-9-12-34(13-10-32)35-14-16-36(17-15-35)47(61)55-40(8-6-21-50)49(63)57(3)42-29-53-31(2)46(60)56-41(48(62)54-30-45(58)59)27-33-11-19-43(64-24-22-51)38(26-33)39-28-37(42)18-20-44(39)65-25-23-52/h9-20,26,28,31,40-42,53H,4-8,21-25,27,29-30,50-52H2,1-3H3,(H,54,62)(H,55,61)(H,56,60)(H,58,59). The molecule has 5 rings (SSSR count). The molecule has 1 heterocycles. The summed E-state index contributed by atoms with van der Waals surface area (Å²) < 4.78 is 12.3. The number of nitrogens with zero attached hydrogens (tertiary/aromatic N) is 1. The zero-order valence-corrected chi connectivity index (χ0v) is 37.6. The maximum atomic E-state index is 14.7. The van der Waals surface area contributed by atoms with E-state index in [1.807, 2.05) is 30.3 Å². The lowest BCUT2D eigenvalue weighted by Crippen LogP contribution is -2.54. The number of carboxylic acids is 1. The van der Waals surface area contributed by atoms with Crippen molar-refractivity contribution >= 4 is 29.6 Å². The number of carboxylic acid groups (broad SMARTS) is 1. The highest BCUT2D eigenvalue weighted by Gasteiger charge is 2.32. The van der Waals surface area contributed by atoms with Crippen LogP contribution >= 0.6 is 0 Å². The van der Waals surface area contributed by atoms with Crippen LogP contribution in [0.3, 0.4) is 0 Å². The van der Waals surface area contributed by atoms with Crippen LogP contribution in [0.15, 0.2) is 84.9 Å². The first-order valence-electron chi connectivity index (χ1n) is 22.3. The van der Waals surface area contributed by atoms with Gasteiger partial charge in [-0.15, -0.1) is 0 Å². The third kappa shape index (κ3) is 13.8. The van der Waals surface area contributed by atoms with Crippen molar-refractivity contribution in [3.05, 3.63) is 107 Å². The summed E-state index contributed by atoms with van der Waals surface area (Å²) in [6, 6.07) is 22.8. The first-order chi connectivity index (χ1) is 31.4. The summed E-state index contributed by atoms with van der Waals surface area (Å²) in [5.41, 5.74) is 23.8. The number of fused-ring (bicyclic) bond motifs is 5. The molecule has 4 unspecified atom stereocenters. The minimum absolute atomic E-state index is 0.0136. The highest BCUT2D eigenvalue weighted by molar-refractivity contribution is 5.98. The lowest BCUT2D eigenvalue weighted by Gasteiger charge is -2.34. The Morgan fingerprint density at radius 1 is 0.846 bits per heavy atom. The fraction of sp³-hybridized carbons (Fsp3) is 0.408. The second kappa shape index (κ2) is 24.7. The van der Waals surface area contributed by atoms with Crippen LogP contribution in [0.25, 0.3) is 22.3 Å². The summed E-state index contributed by atoms with van der Waals surface area (Å²) in [7, 11) is 1.64. The molecule has 11 N–H and O–H groups in total. The lowest BCUT2D eigenvalue weighted by atomic mass is 9.93. The van der Waals surface area contributed by atoms with Crippen molar-refractivity contribution in [3.8, 4) is 33.8 Å². The van der Waals surface area contributed by atoms with Gasteiger partial charge in [-0.3, -0.25) is 24.0 Å². The average molecular weight is 893 g/mol. The molecule has 65 heavy (non-hydrogen) atoms. The van der Waals surface area contributed by atoms with Gasteiger partial charge in [0.2, 0.25) is 17.7 Å². The minimum atomic E-state index is -1.24. The molecule has 0 spiro atoms. The van der Waals surface area contributed by atoms with Gasteiger partial charge in [-0.1, -0.05) is 61.9 Å². The minimum Gasteiger partial charge on any atom is -0.492 e. The predicted molar refractivity (Wildman–Crippen MR) is 250 cm³/mol. The van der Waals surface area contributed by atoms with Crippen molar-refractivity contribution in [3.63, 3.8) is 0 Å². The molecule has 4 aromatic rings. The molecule has 0 fully saturated rings. The van der Waals surface area contributed by atoms with Crippen molar-refractivity contribution in [2.45, 2.75) is 76.5 Å². The maximum absolute atomic E-state index is 14.7. The first-order valence-corrected chi connectivity index (χ1v) is 22.3. The Morgan fingerprint density at radius 2 is 1.48 bits per heavy atom. The van der Waals surface area contributed by atoms with Gasteiger partial charge in [0.25, 0.3) is 5.91 Å². The number of carbonyl (C=O) groups excluding carboxylic acids is 4. The van der Waals surface area contributed by atoms with E-state index in [1.165, 1.54) is 5.56 Å². The van der Waals surface area contributed by atoms with Crippen LogP contribution in [0.1, 0.15) is 72.6 Å². The number of ether oxygens (including phenoxy) is 2. The second-order valence-electron chi connectivity index (χ2n) is 16.2. The fourth-order valence-electron chi connectivity index (χ4n) is 7.64. The van der Waals surface area contributed by atoms with Crippen LogP contribution in [0.4, 0.5) is 0 Å². The van der Waals surface area contributed by atoms with E-state index in [1.54, 1.807) is 49.2 Å². The van der Waals surface area contributed by atoms with Crippen molar-refractivity contribution in [1.82, 2.24) is 26.2 Å². The van der Waals surface area contributed by atoms with Gasteiger partial charge in [0.1, 0.15) is 43.3 Å². The molecule has 4 bridgehead atoms. The highest BCUT2D eigenvalue weighted by atomic mass is 16.5. The van der Waals surface area contributed by atoms with E-state index in [-0.39, 0.29) is 51.6 Å². The molecular weight excluding hydrogens is 829 g/mol. The fourth-order valence-corrected chi connectivity index (χ4v) is 7.64. The number of nitrogens with two attached hydrogens (primary N) is 3. The topological polar surface area (TPSA) is 253 Å². The summed E-state index contributed by atoms with van der Waals surface area (Å²) in [6.07, 6.45) is 4.03. The SMILES string of the molecule is CCCCc1ccc(-c2ccc(C(=O)NC(CCCN)C(=O)N(C)C3CNC(C)C(=O)NC(C(=O)NCC(=O)O)Cc4ccc(OCCN)c(c4)-c4cc3ccc4OCCN)cc2)cc1. The molecule has 0 aliphatic carbocycles. The van der Waals surface area contributed by atoms with Crippen LogP contribution in [0, 0.1) is 0 Å². The van der Waals surface area contributed by atoms with Gasteiger partial charge in [0, 0.05) is 49.8 Å². The highest BCUT2D eigenvalue weighted by Crippen LogP contribution is 2.40. The molecule has 0 saturated carbocycles. The van der Waals surface area contributed by atoms with Gasteiger partial charge in [-0.05, 0) is 103 Å². The summed E-state index contributed by atoms with van der Waals surface area (Å²) in [5, 5.41) is 20.6. The summed E-state index contributed by atoms with van der Waals surface area (Å²) in [5.74, 6) is -2.31. The third-order valence-corrected chi connectivity index (χ3v) is 11.3. The van der Waals surface area contributed by atoms with Gasteiger partial charge < -0.3 is 57.9 Å². The number of amides is 4. The molecule has 16 nitrogen and oxygen atoms in total. The van der Waals surface area contributed by atoms with Crippen molar-refractivity contribution < 1.29 is 38.6 Å². The number of hydrogen-bond donors (Lipinski definition) is 8. The molecule has 4 aromatic carbocycles. The van der Waals surface area contributed by atoms with E-state index in [0.717, 1.165) is 30.4 Å². The number of benzene rings is 4. The molecule has 348 valence electrons. The molecule has 4 atom stereocenters. The Morgan fingerprint density at radius 3 is 2.09 bits per heavy atom. The van der Waals surface area contributed by atoms with Gasteiger partial charge in [0.15, 0.2) is 0 Å². The number of hydrogen-bond acceptors (Lipinski definition) is 11. The third-order valence-electron chi connectivity index (χ3n) is 11.3. The lowest BCUT2D eigenvalue weighted by molar-refractivity contribution is -0.138. The Balaban J connectivity index is 1.51. The van der Waals surface area contributed by atoms with Crippen molar-refractivity contribution in [2.75, 3.05) is 53.0 Å². The molecule has 16 heteroatoms. The van der Waals surface area contributed by atoms with Crippen LogP contribution < -0.4 is 47.9 Å². The van der Waals surface area contributed by atoms with Crippen LogP contribution in [-0.2, 0) is 32.0 Å². The number of aryl methyl sites for hydroxylation is 1. The molecule has 1 aliphatic rings. The summed E-state index contributed by atoms with van der Waals surface area (Å²) in [6.45, 7) is 4.37. The quantitative estimate of drug-likeness (QED) is 0.0637. The summed E-state index contributed by atoms with van der Waals surface area (Å²) >= 11 is 0. The number of likely N-dealkylation sites (N-methyl/N-ethyl adjacent to an activating group) is 1. The van der Waals surface area contributed by atoms with E-state index in [9.17, 15) is 29.1 Å². The Hall–Kier alpha value is -6.33. The zero-order valence-electron chi connectivity index (χ0n) is 37.6. The monoisotopic (exact) mass is 892 g/mol. The number of unbranched alkanes of at least 4 members (excludes halogenated alkanes) is 1. The van der Waals surface area contributed by atoms with E-state index in [0.29, 0.717) is 52.3 Å². The number of rotatable bonds is 20. The van der Waals surface area contributed by atoms with Crippen molar-refractivity contribution in [2.24, 2.45) is 17.2 Å². The normalized spacial score (nSPS) is 16.6. The van der Waals surface area contributed by atoms with Gasteiger partial charge >= 0.3 is 5.97 Å². The molecule has 0 aromatic heterocycles. The smallest absolute Gasteiger partial charge is 0.322 e. The zero-order chi connectivity index (χ0) is 46.9. The van der Waals surface area contributed by atoms with Gasteiger partial charge in [0.05, 0.1) is 12.1 Å². The van der Waals surface area contributed by atoms with Crippen LogP contribution in [-0.4, -0.2) is 111 Å². The van der Waals surface area contributed by atoms with Crippen LogP contribution in [0.2, 0.25) is 0 Å². The van der Waals surface area contributed by atoms with E-state index in [2.05, 4.69) is 52.5 Å². The van der Waals surface area contributed by atoms with E-state index < -0.39 is 54.4 Å². The Labute approximate surface area is 381 Å². The molecule has 0 saturated heterocycles. The maximum Gasteiger partial charge on any atom is 0.322 e.